The van der Waals surface area contributed by atoms with E-state index in [1.165, 1.54) is 7.05 Å². The van der Waals surface area contributed by atoms with E-state index in [0.29, 0.717) is 0 Å². The van der Waals surface area contributed by atoms with Crippen LogP contribution in [0.5, 0.6) is 0 Å². The summed E-state index contributed by atoms with van der Waals surface area (Å²) in [5.41, 5.74) is -0.188. The number of hydrogen-bond donors (Lipinski definition) is 2. The summed E-state index contributed by atoms with van der Waals surface area (Å²) in [6.45, 7) is 3.41. The second-order valence-corrected chi connectivity index (χ2v) is 4.67. The molecule has 1 atom stereocenters. The number of hydrogen-bond acceptors (Lipinski definition) is 1. The third-order valence-electron chi connectivity index (χ3n) is 1.02. The van der Waals surface area contributed by atoms with E-state index in [1.54, 1.807) is 13.8 Å². The first-order valence-electron chi connectivity index (χ1n) is 2.52. The molecule has 0 heterocycles. The average molecular weight is 493 g/mol. The Kier molecular flexibility index (Phi) is 38.9. The van der Waals surface area contributed by atoms with Gasteiger partial charge >= 0.3 is 0 Å². The Morgan fingerprint density at radius 3 is 1.42 bits per heavy atom. The summed E-state index contributed by atoms with van der Waals surface area (Å²) in [6.07, 6.45) is 0. The molecule has 0 aromatic carbocycles. The van der Waals surface area contributed by atoms with Crippen LogP contribution in [0.1, 0.15) is 13.8 Å². The van der Waals surface area contributed by atoms with E-state index in [9.17, 15) is 4.57 Å². The van der Waals surface area contributed by atoms with Gasteiger partial charge in [-0.2, -0.15) is 0 Å². The minimum Gasteiger partial charge on any atom is -0.333 e. The molecule has 0 aliphatic rings. The first kappa shape index (κ1) is 30.0. The third kappa shape index (κ3) is 14.6. The quantitative estimate of drug-likeness (QED) is 0.561. The minimum atomic E-state index is -3.00. The fraction of sp³-hybridized carbons (Fsp3) is 1.00. The monoisotopic (exact) mass is 493 g/mol. The largest absolute Gasteiger partial charge is 0.333 e. The summed E-state index contributed by atoms with van der Waals surface area (Å²) in [6, 6.07) is 0. The molecule has 12 heavy (non-hydrogen) atoms. The van der Waals surface area contributed by atoms with Crippen LogP contribution in [0.4, 0.5) is 0 Å². The molecule has 0 aromatic heterocycles. The summed E-state index contributed by atoms with van der Waals surface area (Å²) >= 11 is 0. The van der Waals surface area contributed by atoms with Gasteiger partial charge < -0.3 is 4.89 Å². The van der Waals surface area contributed by atoms with Gasteiger partial charge in [-0.25, -0.2) is 5.09 Å². The van der Waals surface area contributed by atoms with Gasteiger partial charge in [0.1, 0.15) is 0 Å². The van der Waals surface area contributed by atoms with Crippen LogP contribution in [0.3, 0.4) is 0 Å². The normalized spacial score (nSPS) is 12.4. The SMILES string of the molecule is CNP(=O)(O)C(C)C.[Y].[Y].[Y].[Y]. The summed E-state index contributed by atoms with van der Waals surface area (Å²) in [7, 11) is -1.51. The Hall–Kier alpha value is 4.57. The van der Waals surface area contributed by atoms with E-state index in [1.807, 2.05) is 0 Å². The molecule has 4 radical (unpaired) electrons. The maximum Gasteiger partial charge on any atom is 0.269 e. The van der Waals surface area contributed by atoms with Crippen LogP contribution in [0, 0.1) is 0 Å². The van der Waals surface area contributed by atoms with Crippen LogP contribution in [-0.2, 0) is 135 Å². The molecule has 2 N–H and O–H groups in total. The molecule has 0 rings (SSSR count). The van der Waals surface area contributed by atoms with Gasteiger partial charge in [-0.05, 0) is 7.05 Å². The molecule has 8 heteroatoms. The molecule has 0 aliphatic heterocycles. The van der Waals surface area contributed by atoms with E-state index in [0.717, 1.165) is 0 Å². The van der Waals surface area contributed by atoms with Gasteiger partial charge in [-0.15, -0.1) is 0 Å². The van der Waals surface area contributed by atoms with Crippen molar-refractivity contribution in [1.82, 2.24) is 5.09 Å². The standard InChI is InChI=1S/C4H12NO2P.4Y/c1-4(2)8(6,7)5-3;;;;/h4H,1-3H3,(H2,5,6,7);;;;. The molecule has 3 nitrogen and oxygen atoms in total. The van der Waals surface area contributed by atoms with Crippen LogP contribution < -0.4 is 5.09 Å². The van der Waals surface area contributed by atoms with Crippen molar-refractivity contribution in [3.8, 4) is 0 Å². The van der Waals surface area contributed by atoms with Crippen LogP contribution in [0.25, 0.3) is 0 Å². The van der Waals surface area contributed by atoms with Crippen LogP contribution >= 0.6 is 7.52 Å². The predicted molar refractivity (Wildman–Crippen MR) is 34.0 cm³/mol. The van der Waals surface area contributed by atoms with Crippen LogP contribution in [-0.4, -0.2) is 17.6 Å². The maximum absolute atomic E-state index is 10.7. The van der Waals surface area contributed by atoms with Gasteiger partial charge in [-0.1, -0.05) is 13.8 Å². The number of nitrogens with one attached hydrogen (secondary N) is 1. The van der Waals surface area contributed by atoms with Crippen molar-refractivity contribution in [3.63, 3.8) is 0 Å². The molecular weight excluding hydrogens is 481 g/mol. The second kappa shape index (κ2) is 15.6. The zero-order chi connectivity index (χ0) is 6.78. The topological polar surface area (TPSA) is 49.3 Å². The van der Waals surface area contributed by atoms with Crippen molar-refractivity contribution in [1.29, 1.82) is 0 Å². The number of rotatable bonds is 2. The first-order valence-corrected chi connectivity index (χ1v) is 4.25. The van der Waals surface area contributed by atoms with E-state index in [-0.39, 0.29) is 136 Å². The van der Waals surface area contributed by atoms with Gasteiger partial charge in [0.15, 0.2) is 0 Å². The van der Waals surface area contributed by atoms with E-state index in [2.05, 4.69) is 5.09 Å². The smallest absolute Gasteiger partial charge is 0.269 e. The van der Waals surface area contributed by atoms with E-state index < -0.39 is 7.52 Å². The van der Waals surface area contributed by atoms with Crippen molar-refractivity contribution in [2.45, 2.75) is 19.5 Å². The maximum atomic E-state index is 10.7. The Balaban J connectivity index is -0.0000000408. The Labute approximate surface area is 175 Å². The van der Waals surface area contributed by atoms with Gasteiger partial charge in [-0.3, -0.25) is 4.57 Å². The van der Waals surface area contributed by atoms with Gasteiger partial charge in [0.25, 0.3) is 7.52 Å². The molecule has 0 aromatic rings. The van der Waals surface area contributed by atoms with Crippen LogP contribution in [0.2, 0.25) is 0 Å². The Bertz CT molecular complexity index is 124. The van der Waals surface area contributed by atoms with Crippen LogP contribution in [0.15, 0.2) is 0 Å². The second-order valence-electron chi connectivity index (χ2n) is 1.94. The molecule has 0 aliphatic carbocycles. The third-order valence-corrected chi connectivity index (χ3v) is 3.06. The molecule has 0 saturated heterocycles. The van der Waals surface area contributed by atoms with Gasteiger partial charge in [0.2, 0.25) is 0 Å². The Morgan fingerprint density at radius 2 is 1.42 bits per heavy atom. The Morgan fingerprint density at radius 1 is 1.17 bits per heavy atom. The fourth-order valence-corrected chi connectivity index (χ4v) is 0.775. The van der Waals surface area contributed by atoms with E-state index >= 15 is 0 Å². The van der Waals surface area contributed by atoms with Crippen molar-refractivity contribution in [2.75, 3.05) is 7.05 Å². The summed E-state index contributed by atoms with van der Waals surface area (Å²) in [5, 5.41) is 2.35. The fourth-order valence-electron chi connectivity index (χ4n) is 0.258. The van der Waals surface area contributed by atoms with Crippen molar-refractivity contribution in [2.24, 2.45) is 0 Å². The van der Waals surface area contributed by atoms with Crippen molar-refractivity contribution >= 4 is 7.52 Å². The predicted octanol–water partition coefficient (Wildman–Crippen LogP) is 0.790. The van der Waals surface area contributed by atoms with Crippen molar-refractivity contribution < 1.29 is 140 Å². The van der Waals surface area contributed by atoms with E-state index in [4.69, 9.17) is 4.89 Å². The summed E-state index contributed by atoms with van der Waals surface area (Å²) < 4.78 is 10.7. The minimum absolute atomic E-state index is 0. The van der Waals surface area contributed by atoms with Crippen molar-refractivity contribution in [3.05, 3.63) is 0 Å². The molecule has 1 unspecified atom stereocenters. The molecule has 0 fully saturated rings. The average Bonchev–Trinajstić information content (AvgIpc) is 1.67. The van der Waals surface area contributed by atoms with Gasteiger partial charge in [0.05, 0.1) is 0 Å². The molecule has 62 valence electrons. The molecular formula is C4H12NO2PY4. The summed E-state index contributed by atoms with van der Waals surface area (Å²) in [4.78, 5) is 8.84. The molecule has 0 amide bonds. The molecule has 0 bridgehead atoms. The summed E-state index contributed by atoms with van der Waals surface area (Å²) in [5.74, 6) is 0. The molecule has 0 saturated carbocycles. The van der Waals surface area contributed by atoms with Gasteiger partial charge in [0, 0.05) is 136 Å². The zero-order valence-electron chi connectivity index (χ0n) is 7.69. The zero-order valence-corrected chi connectivity index (χ0v) is 19.9. The molecule has 0 spiro atoms. The first-order chi connectivity index (χ1) is 3.50.